The number of hydrogen-bond acceptors (Lipinski definition) is 2. The highest BCUT2D eigenvalue weighted by molar-refractivity contribution is 5.85. The van der Waals surface area contributed by atoms with Gasteiger partial charge in [0, 0.05) is 7.05 Å². The van der Waals surface area contributed by atoms with Gasteiger partial charge in [0.25, 0.3) is 0 Å². The van der Waals surface area contributed by atoms with Gasteiger partial charge in [0.2, 0.25) is 0 Å². The summed E-state index contributed by atoms with van der Waals surface area (Å²) in [6.07, 6.45) is 1.67. The number of carboxylic acid groups (broad SMARTS) is 1. The smallest absolute Gasteiger partial charge is 0.351 e. The third-order valence-electron chi connectivity index (χ3n) is 1.000. The largest absolute Gasteiger partial charge is 0.477 e. The van der Waals surface area contributed by atoms with Crippen LogP contribution in [0.25, 0.3) is 0 Å². The number of rotatable bonds is 3. The van der Waals surface area contributed by atoms with Gasteiger partial charge >= 0.3 is 5.97 Å². The second-order valence-corrected chi connectivity index (χ2v) is 2.38. The number of allylic oxidation sites excluding steroid dienone is 1. The lowest BCUT2D eigenvalue weighted by atomic mass is 10.2. The van der Waals surface area contributed by atoms with Gasteiger partial charge in [-0.1, -0.05) is 19.9 Å². The van der Waals surface area contributed by atoms with Crippen LogP contribution in [-0.4, -0.2) is 18.1 Å². The topological polar surface area (TPSA) is 49.3 Å². The van der Waals surface area contributed by atoms with E-state index in [1.54, 1.807) is 13.1 Å². The molecule has 0 amide bonds. The van der Waals surface area contributed by atoms with Gasteiger partial charge in [-0.15, -0.1) is 0 Å². The molecule has 0 aliphatic heterocycles. The summed E-state index contributed by atoms with van der Waals surface area (Å²) in [7, 11) is 1.60. The zero-order valence-electron chi connectivity index (χ0n) is 6.51. The molecule has 0 unspecified atom stereocenters. The molecule has 0 radical (unpaired) electrons. The quantitative estimate of drug-likeness (QED) is 0.575. The fourth-order valence-electron chi connectivity index (χ4n) is 0.595. The van der Waals surface area contributed by atoms with Crippen molar-refractivity contribution in [1.82, 2.24) is 5.32 Å². The maximum absolute atomic E-state index is 10.3. The first kappa shape index (κ1) is 9.01. The van der Waals surface area contributed by atoms with Crippen LogP contribution in [-0.2, 0) is 4.79 Å². The molecule has 0 atom stereocenters. The Morgan fingerprint density at radius 2 is 2.10 bits per heavy atom. The molecule has 10 heavy (non-hydrogen) atoms. The molecule has 0 saturated carbocycles. The summed E-state index contributed by atoms with van der Waals surface area (Å²) in [5.74, 6) is -0.644. The van der Waals surface area contributed by atoms with Crippen LogP contribution in [0.5, 0.6) is 0 Å². The van der Waals surface area contributed by atoms with E-state index < -0.39 is 5.97 Å². The summed E-state index contributed by atoms with van der Waals surface area (Å²) in [6.45, 7) is 3.86. The van der Waals surface area contributed by atoms with Gasteiger partial charge in [-0.2, -0.15) is 0 Å². The minimum Gasteiger partial charge on any atom is -0.477 e. The molecular weight excluding hydrogens is 130 g/mol. The summed E-state index contributed by atoms with van der Waals surface area (Å²) < 4.78 is 0. The average Bonchev–Trinajstić information content (AvgIpc) is 1.81. The first-order chi connectivity index (χ1) is 4.57. The van der Waals surface area contributed by atoms with Crippen LogP contribution in [0.2, 0.25) is 0 Å². The highest BCUT2D eigenvalue weighted by Crippen LogP contribution is 1.98. The molecule has 0 rings (SSSR count). The molecule has 3 nitrogen and oxygen atoms in total. The van der Waals surface area contributed by atoms with E-state index in [1.807, 2.05) is 13.8 Å². The minimum absolute atomic E-state index is 0.259. The number of nitrogens with one attached hydrogen (secondary N) is 1. The molecule has 0 bridgehead atoms. The lowest BCUT2D eigenvalue weighted by Gasteiger charge is -2.01. The zero-order valence-corrected chi connectivity index (χ0v) is 6.51. The Morgan fingerprint density at radius 3 is 2.20 bits per heavy atom. The van der Waals surface area contributed by atoms with Gasteiger partial charge in [-0.05, 0) is 5.92 Å². The molecule has 0 spiro atoms. The zero-order chi connectivity index (χ0) is 8.15. The van der Waals surface area contributed by atoms with Gasteiger partial charge in [0.05, 0.1) is 0 Å². The summed E-state index contributed by atoms with van der Waals surface area (Å²) >= 11 is 0. The van der Waals surface area contributed by atoms with Gasteiger partial charge in [-0.25, -0.2) is 4.79 Å². The third kappa shape index (κ3) is 3.12. The summed E-state index contributed by atoms with van der Waals surface area (Å²) in [5, 5.41) is 11.1. The van der Waals surface area contributed by atoms with Crippen molar-refractivity contribution in [1.29, 1.82) is 0 Å². The van der Waals surface area contributed by atoms with Crippen LogP contribution in [0.4, 0.5) is 0 Å². The highest BCUT2D eigenvalue weighted by Gasteiger charge is 2.03. The summed E-state index contributed by atoms with van der Waals surface area (Å²) in [6, 6.07) is 0. The van der Waals surface area contributed by atoms with Crippen LogP contribution >= 0.6 is 0 Å². The lowest BCUT2D eigenvalue weighted by Crippen LogP contribution is -2.16. The molecule has 0 aliphatic rings. The monoisotopic (exact) mass is 143 g/mol. The van der Waals surface area contributed by atoms with Crippen LogP contribution in [0.1, 0.15) is 13.8 Å². The van der Waals surface area contributed by atoms with Crippen LogP contribution < -0.4 is 5.32 Å². The second kappa shape index (κ2) is 3.93. The lowest BCUT2D eigenvalue weighted by molar-refractivity contribution is -0.133. The van der Waals surface area contributed by atoms with Crippen molar-refractivity contribution in [2.75, 3.05) is 7.05 Å². The molecule has 0 aliphatic carbocycles. The van der Waals surface area contributed by atoms with E-state index in [0.717, 1.165) is 0 Å². The van der Waals surface area contributed by atoms with Gasteiger partial charge in [0.15, 0.2) is 0 Å². The fourth-order valence-corrected chi connectivity index (χ4v) is 0.595. The fraction of sp³-hybridized carbons (Fsp3) is 0.571. The predicted molar refractivity (Wildman–Crippen MR) is 39.6 cm³/mol. The van der Waals surface area contributed by atoms with Crippen molar-refractivity contribution < 1.29 is 9.90 Å². The second-order valence-electron chi connectivity index (χ2n) is 2.38. The Hall–Kier alpha value is -0.990. The Balaban J connectivity index is 4.19. The number of carboxylic acids is 1. The van der Waals surface area contributed by atoms with Crippen LogP contribution in [0.15, 0.2) is 11.8 Å². The van der Waals surface area contributed by atoms with E-state index in [2.05, 4.69) is 5.32 Å². The maximum Gasteiger partial charge on any atom is 0.351 e. The van der Waals surface area contributed by atoms with E-state index in [1.165, 1.54) is 0 Å². The van der Waals surface area contributed by atoms with Crippen LogP contribution in [0.3, 0.4) is 0 Å². The average molecular weight is 143 g/mol. The number of likely N-dealkylation sites (N-methyl/N-ethyl adjacent to an activating group) is 1. The summed E-state index contributed by atoms with van der Waals surface area (Å²) in [4.78, 5) is 10.3. The predicted octanol–water partition coefficient (Wildman–Crippen LogP) is 0.830. The van der Waals surface area contributed by atoms with Crippen LogP contribution in [0, 0.1) is 5.92 Å². The SMILES string of the molecule is CN/C(=C\C(C)C)C(=O)O. The number of carbonyl (C=O) groups is 1. The first-order valence-electron chi connectivity index (χ1n) is 3.20. The van der Waals surface area contributed by atoms with Gasteiger partial charge in [-0.3, -0.25) is 0 Å². The molecule has 0 heterocycles. The van der Waals surface area contributed by atoms with Gasteiger partial charge < -0.3 is 10.4 Å². The van der Waals surface area contributed by atoms with Crippen molar-refractivity contribution in [2.24, 2.45) is 5.92 Å². The minimum atomic E-state index is -0.906. The molecule has 3 heteroatoms. The van der Waals surface area contributed by atoms with Crippen molar-refractivity contribution in [3.8, 4) is 0 Å². The molecule has 0 aromatic heterocycles. The van der Waals surface area contributed by atoms with Gasteiger partial charge in [0.1, 0.15) is 5.70 Å². The molecule has 2 N–H and O–H groups in total. The highest BCUT2D eigenvalue weighted by atomic mass is 16.4. The molecule has 58 valence electrons. The Morgan fingerprint density at radius 1 is 1.60 bits per heavy atom. The number of aliphatic carboxylic acids is 1. The standard InChI is InChI=1S/C7H13NO2/c1-5(2)4-6(8-3)7(9)10/h4-5,8H,1-3H3,(H,9,10)/b6-4-. The Bertz CT molecular complexity index is 150. The van der Waals surface area contributed by atoms with Crippen molar-refractivity contribution in [2.45, 2.75) is 13.8 Å². The Labute approximate surface area is 60.7 Å². The normalized spacial score (nSPS) is 11.8. The molecular formula is C7H13NO2. The molecule has 0 aromatic carbocycles. The summed E-state index contributed by atoms with van der Waals surface area (Å²) in [5.41, 5.74) is 0.259. The van der Waals surface area contributed by atoms with E-state index in [-0.39, 0.29) is 11.6 Å². The Kier molecular flexibility index (Phi) is 3.54. The van der Waals surface area contributed by atoms with Crippen molar-refractivity contribution in [3.05, 3.63) is 11.8 Å². The van der Waals surface area contributed by atoms with E-state index in [9.17, 15) is 4.79 Å². The molecule has 0 aromatic rings. The van der Waals surface area contributed by atoms with E-state index in [4.69, 9.17) is 5.11 Å². The maximum atomic E-state index is 10.3. The van der Waals surface area contributed by atoms with Crippen molar-refractivity contribution in [3.63, 3.8) is 0 Å². The van der Waals surface area contributed by atoms with E-state index >= 15 is 0 Å². The molecule has 0 fully saturated rings. The number of hydrogen-bond donors (Lipinski definition) is 2. The first-order valence-corrected chi connectivity index (χ1v) is 3.20. The van der Waals surface area contributed by atoms with Crippen molar-refractivity contribution >= 4 is 5.97 Å². The molecule has 0 saturated heterocycles. The van der Waals surface area contributed by atoms with E-state index in [0.29, 0.717) is 0 Å². The third-order valence-corrected chi connectivity index (χ3v) is 1.000.